The van der Waals surface area contributed by atoms with Gasteiger partial charge in [0.05, 0.1) is 6.04 Å². The molecule has 0 spiro atoms. The van der Waals surface area contributed by atoms with Crippen molar-refractivity contribution in [1.29, 1.82) is 0 Å². The quantitative estimate of drug-likeness (QED) is 0.777. The molecule has 0 bridgehead atoms. The molecule has 1 aliphatic carbocycles. The summed E-state index contributed by atoms with van der Waals surface area (Å²) in [6, 6.07) is 9.99. The fourth-order valence-corrected chi connectivity index (χ4v) is 3.21. The number of hydrogen-bond donors (Lipinski definition) is 0. The van der Waals surface area contributed by atoms with Gasteiger partial charge in [0, 0.05) is 19.1 Å². The Bertz CT molecular complexity index is 562. The number of likely N-dealkylation sites (tertiary alicyclic amines) is 1. The molecule has 1 atom stereocenters. The first-order valence-corrected chi connectivity index (χ1v) is 8.55. The standard InChI is InChI=1S/C17H21ClN2O3/c18-10-16(21)20(14-6-7-14)15-8-9-19(11-15)17(22)23-12-13-4-2-1-3-5-13/h1-5,14-15H,6-12H2. The highest BCUT2D eigenvalue weighted by molar-refractivity contribution is 6.27. The summed E-state index contributed by atoms with van der Waals surface area (Å²) >= 11 is 5.72. The molecule has 1 aliphatic heterocycles. The van der Waals surface area contributed by atoms with Crippen molar-refractivity contribution in [3.05, 3.63) is 35.9 Å². The Morgan fingerprint density at radius 1 is 1.17 bits per heavy atom. The number of rotatable bonds is 5. The molecule has 0 radical (unpaired) electrons. The van der Waals surface area contributed by atoms with E-state index in [1.54, 1.807) is 4.90 Å². The Hall–Kier alpha value is -1.75. The van der Waals surface area contributed by atoms with Crippen molar-refractivity contribution in [2.45, 2.75) is 38.0 Å². The highest BCUT2D eigenvalue weighted by Gasteiger charge is 2.40. The van der Waals surface area contributed by atoms with Crippen LogP contribution in [-0.2, 0) is 16.1 Å². The summed E-state index contributed by atoms with van der Waals surface area (Å²) in [5.41, 5.74) is 0.966. The number of carbonyl (C=O) groups is 2. The van der Waals surface area contributed by atoms with E-state index < -0.39 is 0 Å². The number of benzene rings is 1. The van der Waals surface area contributed by atoms with Crippen molar-refractivity contribution < 1.29 is 14.3 Å². The van der Waals surface area contributed by atoms with Crippen LogP contribution in [0.25, 0.3) is 0 Å². The lowest BCUT2D eigenvalue weighted by Gasteiger charge is -2.28. The second-order valence-corrected chi connectivity index (χ2v) is 6.36. The van der Waals surface area contributed by atoms with E-state index in [1.165, 1.54) is 0 Å². The number of halogens is 1. The smallest absolute Gasteiger partial charge is 0.410 e. The van der Waals surface area contributed by atoms with Crippen LogP contribution in [0.5, 0.6) is 0 Å². The average Bonchev–Trinajstić information content (AvgIpc) is 3.29. The molecule has 0 N–H and O–H groups in total. The van der Waals surface area contributed by atoms with Gasteiger partial charge in [0.15, 0.2) is 0 Å². The fourth-order valence-electron chi connectivity index (χ4n) is 3.07. The fraction of sp³-hybridized carbons (Fsp3) is 0.529. The van der Waals surface area contributed by atoms with Gasteiger partial charge in [-0.25, -0.2) is 4.79 Å². The summed E-state index contributed by atoms with van der Waals surface area (Å²) in [6.45, 7) is 1.43. The number of hydrogen-bond acceptors (Lipinski definition) is 3. The maximum Gasteiger partial charge on any atom is 0.410 e. The normalized spacial score (nSPS) is 20.4. The van der Waals surface area contributed by atoms with Gasteiger partial charge in [0.1, 0.15) is 12.5 Å². The van der Waals surface area contributed by atoms with Gasteiger partial charge in [-0.1, -0.05) is 30.3 Å². The van der Waals surface area contributed by atoms with Crippen molar-refractivity contribution in [1.82, 2.24) is 9.80 Å². The van der Waals surface area contributed by atoms with Crippen LogP contribution in [0.4, 0.5) is 4.79 Å². The van der Waals surface area contributed by atoms with Crippen molar-refractivity contribution in [2.75, 3.05) is 19.0 Å². The SMILES string of the molecule is O=C(OCc1ccccc1)N1CCC(N(C(=O)CCl)C2CC2)C1. The Morgan fingerprint density at radius 2 is 1.91 bits per heavy atom. The molecule has 2 fully saturated rings. The molecule has 1 unspecified atom stereocenters. The molecule has 1 heterocycles. The summed E-state index contributed by atoms with van der Waals surface area (Å²) < 4.78 is 5.36. The van der Waals surface area contributed by atoms with Crippen molar-refractivity contribution in [2.24, 2.45) is 0 Å². The lowest BCUT2D eigenvalue weighted by Crippen LogP contribution is -2.44. The maximum atomic E-state index is 12.2. The van der Waals surface area contributed by atoms with Crippen molar-refractivity contribution in [3.63, 3.8) is 0 Å². The molecule has 5 nitrogen and oxygen atoms in total. The Labute approximate surface area is 141 Å². The molecule has 1 saturated heterocycles. The predicted molar refractivity (Wildman–Crippen MR) is 87.2 cm³/mol. The third-order valence-electron chi connectivity index (χ3n) is 4.36. The minimum absolute atomic E-state index is 0.00541. The average molecular weight is 337 g/mol. The molecule has 124 valence electrons. The van der Waals surface area contributed by atoms with E-state index in [0.29, 0.717) is 19.1 Å². The van der Waals surface area contributed by atoms with Gasteiger partial charge in [0.2, 0.25) is 5.91 Å². The first-order valence-electron chi connectivity index (χ1n) is 8.02. The molecule has 2 aliphatic rings. The van der Waals surface area contributed by atoms with Crippen molar-refractivity contribution >= 4 is 23.6 Å². The summed E-state index contributed by atoms with van der Waals surface area (Å²) in [6.07, 6.45) is 2.56. The minimum Gasteiger partial charge on any atom is -0.445 e. The van der Waals surface area contributed by atoms with Gasteiger partial charge in [-0.3, -0.25) is 4.79 Å². The topological polar surface area (TPSA) is 49.9 Å². The molecule has 23 heavy (non-hydrogen) atoms. The van der Waals surface area contributed by atoms with Gasteiger partial charge >= 0.3 is 6.09 Å². The second kappa shape index (κ2) is 7.21. The zero-order chi connectivity index (χ0) is 16.2. The van der Waals surface area contributed by atoms with Crippen LogP contribution in [0.3, 0.4) is 0 Å². The van der Waals surface area contributed by atoms with E-state index in [-0.39, 0.29) is 30.5 Å². The van der Waals surface area contributed by atoms with Crippen LogP contribution in [-0.4, -0.2) is 52.9 Å². The molecular weight excluding hydrogens is 316 g/mol. The third-order valence-corrected chi connectivity index (χ3v) is 4.59. The van der Waals surface area contributed by atoms with Crippen LogP contribution >= 0.6 is 11.6 Å². The van der Waals surface area contributed by atoms with E-state index in [1.807, 2.05) is 35.2 Å². The predicted octanol–water partition coefficient (Wildman–Crippen LogP) is 2.63. The van der Waals surface area contributed by atoms with Gasteiger partial charge in [0.25, 0.3) is 0 Å². The van der Waals surface area contributed by atoms with E-state index in [0.717, 1.165) is 24.8 Å². The Morgan fingerprint density at radius 3 is 2.57 bits per heavy atom. The first kappa shape index (κ1) is 16.1. The second-order valence-electron chi connectivity index (χ2n) is 6.09. The van der Waals surface area contributed by atoms with Gasteiger partial charge in [-0.2, -0.15) is 0 Å². The Balaban J connectivity index is 1.52. The first-order chi connectivity index (χ1) is 11.2. The van der Waals surface area contributed by atoms with E-state index in [2.05, 4.69) is 0 Å². The molecule has 1 saturated carbocycles. The zero-order valence-corrected chi connectivity index (χ0v) is 13.7. The monoisotopic (exact) mass is 336 g/mol. The lowest BCUT2D eigenvalue weighted by molar-refractivity contribution is -0.131. The lowest BCUT2D eigenvalue weighted by atomic mass is 10.2. The van der Waals surface area contributed by atoms with Gasteiger partial charge in [-0.05, 0) is 24.8 Å². The summed E-state index contributed by atoms with van der Waals surface area (Å²) in [5, 5.41) is 0. The molecule has 1 aromatic carbocycles. The summed E-state index contributed by atoms with van der Waals surface area (Å²) in [5.74, 6) is -0.0236. The highest BCUT2D eigenvalue weighted by Crippen LogP contribution is 2.32. The number of amides is 2. The third kappa shape index (κ3) is 3.96. The summed E-state index contributed by atoms with van der Waals surface area (Å²) in [4.78, 5) is 27.8. The largest absolute Gasteiger partial charge is 0.445 e. The number of ether oxygens (including phenoxy) is 1. The molecule has 0 aromatic heterocycles. The van der Waals surface area contributed by atoms with Gasteiger partial charge < -0.3 is 14.5 Å². The molecule has 3 rings (SSSR count). The van der Waals surface area contributed by atoms with Crippen LogP contribution in [0.15, 0.2) is 30.3 Å². The van der Waals surface area contributed by atoms with E-state index in [9.17, 15) is 9.59 Å². The minimum atomic E-state index is -0.314. The van der Waals surface area contributed by atoms with Crippen LogP contribution in [0, 0.1) is 0 Å². The molecule has 2 amide bonds. The number of carbonyl (C=O) groups excluding carboxylic acids is 2. The molecule has 6 heteroatoms. The van der Waals surface area contributed by atoms with E-state index in [4.69, 9.17) is 16.3 Å². The number of nitrogens with zero attached hydrogens (tertiary/aromatic N) is 2. The van der Waals surface area contributed by atoms with Crippen LogP contribution in [0.1, 0.15) is 24.8 Å². The van der Waals surface area contributed by atoms with Crippen molar-refractivity contribution in [3.8, 4) is 0 Å². The van der Waals surface area contributed by atoms with Crippen LogP contribution in [0.2, 0.25) is 0 Å². The van der Waals surface area contributed by atoms with Crippen LogP contribution < -0.4 is 0 Å². The highest BCUT2D eigenvalue weighted by atomic mass is 35.5. The maximum absolute atomic E-state index is 12.2. The number of alkyl halides is 1. The Kier molecular flexibility index (Phi) is 5.06. The van der Waals surface area contributed by atoms with E-state index >= 15 is 0 Å². The molecular formula is C17H21ClN2O3. The molecule has 1 aromatic rings. The summed E-state index contributed by atoms with van der Waals surface area (Å²) in [7, 11) is 0. The van der Waals surface area contributed by atoms with Gasteiger partial charge in [-0.15, -0.1) is 11.6 Å². The zero-order valence-electron chi connectivity index (χ0n) is 13.0.